The Morgan fingerprint density at radius 1 is 1.32 bits per heavy atom. The van der Waals surface area contributed by atoms with Crippen molar-refractivity contribution in [2.45, 2.75) is 25.3 Å². The summed E-state index contributed by atoms with van der Waals surface area (Å²) in [6.07, 6.45) is 3.09. The number of aromatic nitrogens is 3. The Bertz CT molecular complexity index is 762. The number of nitrogens with one attached hydrogen (secondary N) is 1. The maximum atomic E-state index is 12.7. The first kappa shape index (κ1) is 13.5. The van der Waals surface area contributed by atoms with Crippen molar-refractivity contribution in [3.63, 3.8) is 0 Å². The molecule has 5 nitrogen and oxygen atoms in total. The summed E-state index contributed by atoms with van der Waals surface area (Å²) in [7, 11) is 0. The third-order valence-electron chi connectivity index (χ3n) is 4.14. The molecule has 0 aliphatic carbocycles. The van der Waals surface area contributed by atoms with E-state index in [1.807, 2.05) is 34.5 Å². The van der Waals surface area contributed by atoms with Crippen LogP contribution in [0, 0.1) is 0 Å². The summed E-state index contributed by atoms with van der Waals surface area (Å²) in [4.78, 5) is 26.8. The monoisotopic (exact) mass is 312 g/mol. The fourth-order valence-corrected chi connectivity index (χ4v) is 3.58. The number of H-pyrrole nitrogens is 1. The number of thiazole rings is 1. The van der Waals surface area contributed by atoms with Gasteiger partial charge in [-0.2, -0.15) is 0 Å². The molecule has 3 heterocycles. The number of carbonyl (C=O) groups excluding carboxylic acids is 1. The fourth-order valence-electron chi connectivity index (χ4n) is 3.05. The van der Waals surface area contributed by atoms with Gasteiger partial charge in [-0.25, -0.2) is 9.97 Å². The molecule has 1 aliphatic rings. The van der Waals surface area contributed by atoms with E-state index in [9.17, 15) is 4.79 Å². The number of fused-ring (bicyclic) bond motifs is 1. The molecule has 1 aliphatic heterocycles. The van der Waals surface area contributed by atoms with Gasteiger partial charge in [0.2, 0.25) is 0 Å². The molecule has 1 atom stereocenters. The zero-order valence-corrected chi connectivity index (χ0v) is 12.8. The van der Waals surface area contributed by atoms with E-state index in [-0.39, 0.29) is 11.9 Å². The van der Waals surface area contributed by atoms with Gasteiger partial charge in [-0.3, -0.25) is 4.79 Å². The van der Waals surface area contributed by atoms with E-state index in [2.05, 4.69) is 15.0 Å². The highest BCUT2D eigenvalue weighted by molar-refractivity contribution is 7.07. The van der Waals surface area contributed by atoms with Gasteiger partial charge in [0.1, 0.15) is 11.5 Å². The molecular weight excluding hydrogens is 296 g/mol. The van der Waals surface area contributed by atoms with Crippen LogP contribution < -0.4 is 0 Å². The van der Waals surface area contributed by atoms with E-state index < -0.39 is 0 Å². The van der Waals surface area contributed by atoms with Gasteiger partial charge < -0.3 is 9.88 Å². The maximum Gasteiger partial charge on any atom is 0.273 e. The lowest BCUT2D eigenvalue weighted by molar-refractivity contribution is 0.0596. The largest absolute Gasteiger partial charge is 0.340 e. The zero-order valence-electron chi connectivity index (χ0n) is 12.0. The van der Waals surface area contributed by atoms with Crippen LogP contribution >= 0.6 is 11.3 Å². The number of benzene rings is 1. The molecule has 22 heavy (non-hydrogen) atoms. The second-order valence-electron chi connectivity index (χ2n) is 5.52. The molecule has 0 saturated carbocycles. The summed E-state index contributed by atoms with van der Waals surface area (Å²) in [6.45, 7) is 0.762. The van der Waals surface area contributed by atoms with Crippen LogP contribution in [0.3, 0.4) is 0 Å². The Morgan fingerprint density at radius 3 is 3.05 bits per heavy atom. The second-order valence-corrected chi connectivity index (χ2v) is 6.24. The van der Waals surface area contributed by atoms with E-state index >= 15 is 0 Å². The summed E-state index contributed by atoms with van der Waals surface area (Å²) >= 11 is 1.45. The summed E-state index contributed by atoms with van der Waals surface area (Å²) in [5, 5.41) is 1.81. The molecule has 4 rings (SSSR count). The number of hydrogen-bond donors (Lipinski definition) is 1. The van der Waals surface area contributed by atoms with Crippen molar-refractivity contribution in [3.8, 4) is 0 Å². The van der Waals surface area contributed by atoms with E-state index in [4.69, 9.17) is 0 Å². The third kappa shape index (κ3) is 2.29. The Hall–Kier alpha value is -2.21. The number of aromatic amines is 1. The van der Waals surface area contributed by atoms with Crippen LogP contribution in [-0.2, 0) is 0 Å². The number of para-hydroxylation sites is 2. The van der Waals surface area contributed by atoms with Crippen molar-refractivity contribution < 1.29 is 4.79 Å². The summed E-state index contributed by atoms with van der Waals surface area (Å²) in [5.74, 6) is 0.885. The van der Waals surface area contributed by atoms with Crippen LogP contribution in [0.15, 0.2) is 35.2 Å². The topological polar surface area (TPSA) is 61.9 Å². The maximum absolute atomic E-state index is 12.7. The Kier molecular flexibility index (Phi) is 3.38. The molecule has 0 radical (unpaired) electrons. The van der Waals surface area contributed by atoms with Crippen molar-refractivity contribution in [3.05, 3.63) is 46.7 Å². The molecule has 1 amide bonds. The number of carbonyl (C=O) groups is 1. The molecule has 3 aromatic rings. The van der Waals surface area contributed by atoms with E-state index in [0.29, 0.717) is 5.69 Å². The summed E-state index contributed by atoms with van der Waals surface area (Å²) < 4.78 is 0. The van der Waals surface area contributed by atoms with Gasteiger partial charge in [0.15, 0.2) is 0 Å². The van der Waals surface area contributed by atoms with Crippen molar-refractivity contribution in [1.82, 2.24) is 19.9 Å². The fraction of sp³-hybridized carbons (Fsp3) is 0.312. The Labute approximate surface area is 132 Å². The molecule has 1 saturated heterocycles. The van der Waals surface area contributed by atoms with E-state index in [1.165, 1.54) is 11.3 Å². The molecule has 0 bridgehead atoms. The minimum Gasteiger partial charge on any atom is -0.340 e. The van der Waals surface area contributed by atoms with Gasteiger partial charge in [-0.15, -0.1) is 11.3 Å². The quantitative estimate of drug-likeness (QED) is 0.789. The number of imidazole rings is 1. The van der Waals surface area contributed by atoms with E-state index in [1.54, 1.807) is 5.51 Å². The predicted molar refractivity (Wildman–Crippen MR) is 85.8 cm³/mol. The van der Waals surface area contributed by atoms with Crippen LogP contribution in [0.25, 0.3) is 11.0 Å². The number of amides is 1. The number of hydrogen-bond acceptors (Lipinski definition) is 4. The van der Waals surface area contributed by atoms with Crippen LogP contribution in [-0.4, -0.2) is 32.3 Å². The molecule has 1 fully saturated rings. The molecule has 112 valence electrons. The first-order chi connectivity index (χ1) is 10.8. The summed E-state index contributed by atoms with van der Waals surface area (Å²) in [5.41, 5.74) is 4.20. The molecule has 6 heteroatoms. The average Bonchev–Trinajstić information content (AvgIpc) is 3.23. The highest BCUT2D eigenvalue weighted by Crippen LogP contribution is 2.31. The molecule has 1 aromatic carbocycles. The lowest BCUT2D eigenvalue weighted by Crippen LogP contribution is -2.39. The van der Waals surface area contributed by atoms with Gasteiger partial charge >= 0.3 is 0 Å². The highest BCUT2D eigenvalue weighted by Gasteiger charge is 2.31. The first-order valence-corrected chi connectivity index (χ1v) is 8.41. The zero-order chi connectivity index (χ0) is 14.9. The van der Waals surface area contributed by atoms with Crippen molar-refractivity contribution in [2.75, 3.05) is 6.54 Å². The number of piperidine rings is 1. The van der Waals surface area contributed by atoms with Crippen LogP contribution in [0.1, 0.15) is 41.6 Å². The third-order valence-corrected chi connectivity index (χ3v) is 4.72. The lowest BCUT2D eigenvalue weighted by atomic mass is 10.0. The SMILES string of the molecule is O=C(c1cscn1)N1CCCCC1c1nc2ccccc2[nH]1. The van der Waals surface area contributed by atoms with Crippen LogP contribution in [0.4, 0.5) is 0 Å². The van der Waals surface area contributed by atoms with Crippen LogP contribution in [0.5, 0.6) is 0 Å². The van der Waals surface area contributed by atoms with Gasteiger partial charge in [0.25, 0.3) is 5.91 Å². The van der Waals surface area contributed by atoms with Gasteiger partial charge in [0.05, 0.1) is 22.6 Å². The molecule has 1 unspecified atom stereocenters. The number of rotatable bonds is 2. The van der Waals surface area contributed by atoms with Gasteiger partial charge in [0, 0.05) is 11.9 Å². The van der Waals surface area contributed by atoms with Crippen LogP contribution in [0.2, 0.25) is 0 Å². The van der Waals surface area contributed by atoms with Gasteiger partial charge in [-0.05, 0) is 31.4 Å². The Balaban J connectivity index is 1.69. The molecule has 1 N–H and O–H groups in total. The average molecular weight is 312 g/mol. The molecular formula is C16H16N4OS. The summed E-state index contributed by atoms with van der Waals surface area (Å²) in [6, 6.07) is 7.98. The number of likely N-dealkylation sites (tertiary alicyclic amines) is 1. The lowest BCUT2D eigenvalue weighted by Gasteiger charge is -2.34. The smallest absolute Gasteiger partial charge is 0.273 e. The van der Waals surface area contributed by atoms with Crippen molar-refractivity contribution >= 4 is 28.3 Å². The standard InChI is InChI=1S/C16H16N4OS/c21-16(13-9-22-10-17-13)20-8-4-3-7-14(20)15-18-11-5-1-2-6-12(11)19-15/h1-2,5-6,9-10,14H,3-4,7-8H2,(H,18,19). The predicted octanol–water partition coefficient (Wildman–Crippen LogP) is 3.39. The molecule has 0 spiro atoms. The minimum atomic E-state index is 0.00593. The first-order valence-electron chi connectivity index (χ1n) is 7.47. The van der Waals surface area contributed by atoms with Crippen molar-refractivity contribution in [2.24, 2.45) is 0 Å². The molecule has 2 aromatic heterocycles. The van der Waals surface area contributed by atoms with Gasteiger partial charge in [-0.1, -0.05) is 12.1 Å². The highest BCUT2D eigenvalue weighted by atomic mass is 32.1. The Morgan fingerprint density at radius 2 is 2.23 bits per heavy atom. The number of nitrogens with zero attached hydrogens (tertiary/aromatic N) is 3. The normalized spacial score (nSPS) is 18.7. The second kappa shape index (κ2) is 5.53. The minimum absolute atomic E-state index is 0.00593. The van der Waals surface area contributed by atoms with E-state index in [0.717, 1.165) is 42.7 Å². The van der Waals surface area contributed by atoms with Crippen molar-refractivity contribution in [1.29, 1.82) is 0 Å².